The van der Waals surface area contributed by atoms with Crippen LogP contribution in [0.1, 0.15) is 49.8 Å². The van der Waals surface area contributed by atoms with Crippen molar-refractivity contribution in [2.24, 2.45) is 0 Å². The van der Waals surface area contributed by atoms with E-state index in [1.807, 2.05) is 6.92 Å². The fourth-order valence-corrected chi connectivity index (χ4v) is 3.27. The Kier molecular flexibility index (Phi) is 5.82. The Morgan fingerprint density at radius 2 is 1.82 bits per heavy atom. The lowest BCUT2D eigenvalue weighted by molar-refractivity contribution is -0.155. The molecule has 1 aliphatic heterocycles. The van der Waals surface area contributed by atoms with Crippen LogP contribution in [0.2, 0.25) is 0 Å². The van der Waals surface area contributed by atoms with Crippen molar-refractivity contribution in [3.05, 3.63) is 41.5 Å². The van der Waals surface area contributed by atoms with Crippen LogP contribution in [0.3, 0.4) is 0 Å². The van der Waals surface area contributed by atoms with Gasteiger partial charge in [0.1, 0.15) is 6.10 Å². The molecule has 4 N–H and O–H groups in total. The molecule has 3 rings (SSSR count). The molecule has 2 aromatic rings. The second-order valence-electron chi connectivity index (χ2n) is 6.90. The average Bonchev–Trinajstić information content (AvgIpc) is 2.67. The summed E-state index contributed by atoms with van der Waals surface area (Å²) in [5.74, 6) is -1.56. The van der Waals surface area contributed by atoms with Gasteiger partial charge in [-0.1, -0.05) is 31.9 Å². The van der Waals surface area contributed by atoms with Crippen molar-refractivity contribution in [3.8, 4) is 28.7 Å². The molecule has 0 spiro atoms. The van der Waals surface area contributed by atoms with E-state index in [2.05, 4.69) is 0 Å². The highest BCUT2D eigenvalue weighted by atomic mass is 16.6. The van der Waals surface area contributed by atoms with Gasteiger partial charge in [0.05, 0.1) is 0 Å². The molecule has 7 nitrogen and oxygen atoms in total. The summed E-state index contributed by atoms with van der Waals surface area (Å²) in [6.45, 7) is 2.05. The van der Waals surface area contributed by atoms with Gasteiger partial charge in [0.15, 0.2) is 29.1 Å². The maximum atomic E-state index is 12.3. The summed E-state index contributed by atoms with van der Waals surface area (Å²) in [6, 6.07) is 7.13. The number of aromatic hydroxyl groups is 4. The van der Waals surface area contributed by atoms with E-state index < -0.39 is 18.0 Å². The van der Waals surface area contributed by atoms with Crippen LogP contribution in [0, 0.1) is 0 Å². The molecular formula is C21H24O7. The summed E-state index contributed by atoms with van der Waals surface area (Å²) < 4.78 is 11.5. The van der Waals surface area contributed by atoms with Gasteiger partial charge in [-0.2, -0.15) is 0 Å². The second-order valence-corrected chi connectivity index (χ2v) is 6.90. The summed E-state index contributed by atoms with van der Waals surface area (Å²) in [4.78, 5) is 12.3. The van der Waals surface area contributed by atoms with Gasteiger partial charge in [0.2, 0.25) is 5.75 Å². The number of ether oxygens (including phenoxy) is 2. The van der Waals surface area contributed by atoms with Gasteiger partial charge in [-0.05, 0) is 24.6 Å². The Balaban J connectivity index is 1.90. The Bertz CT molecular complexity index is 862. The van der Waals surface area contributed by atoms with Crippen molar-refractivity contribution in [1.29, 1.82) is 0 Å². The van der Waals surface area contributed by atoms with E-state index in [0.717, 1.165) is 19.3 Å². The van der Waals surface area contributed by atoms with Crippen LogP contribution in [0.5, 0.6) is 28.7 Å². The molecule has 0 saturated carbocycles. The molecule has 0 amide bonds. The number of benzene rings is 2. The van der Waals surface area contributed by atoms with E-state index >= 15 is 0 Å². The maximum Gasteiger partial charge on any atom is 0.306 e. The Morgan fingerprint density at radius 1 is 1.07 bits per heavy atom. The van der Waals surface area contributed by atoms with E-state index in [9.17, 15) is 25.2 Å². The fraction of sp³-hybridized carbons (Fsp3) is 0.381. The highest BCUT2D eigenvalue weighted by molar-refractivity contribution is 5.69. The largest absolute Gasteiger partial charge is 0.504 e. The molecule has 28 heavy (non-hydrogen) atoms. The lowest BCUT2D eigenvalue weighted by atomic mass is 9.93. The first-order chi connectivity index (χ1) is 13.4. The summed E-state index contributed by atoms with van der Waals surface area (Å²) in [6.07, 6.45) is 1.73. The third-order valence-corrected chi connectivity index (χ3v) is 4.79. The monoisotopic (exact) mass is 388 g/mol. The maximum absolute atomic E-state index is 12.3. The van der Waals surface area contributed by atoms with Crippen LogP contribution in [0.25, 0.3) is 0 Å². The van der Waals surface area contributed by atoms with Gasteiger partial charge in [-0.15, -0.1) is 0 Å². The van der Waals surface area contributed by atoms with E-state index in [1.54, 1.807) is 12.1 Å². The van der Waals surface area contributed by atoms with E-state index in [0.29, 0.717) is 17.5 Å². The molecule has 0 aliphatic carbocycles. The summed E-state index contributed by atoms with van der Waals surface area (Å²) in [7, 11) is 0. The molecule has 1 aliphatic rings. The van der Waals surface area contributed by atoms with Crippen molar-refractivity contribution in [2.75, 3.05) is 0 Å². The minimum atomic E-state index is -0.818. The summed E-state index contributed by atoms with van der Waals surface area (Å²) in [5, 5.41) is 39.3. The van der Waals surface area contributed by atoms with Gasteiger partial charge < -0.3 is 29.9 Å². The standard InChI is InChI=1S/C21H24O7/c1-2-3-4-5-18(25)27-17-11-13-7-9-15(23)19(26)21(13)28-20(17)12-6-8-14(22)16(24)10-12/h6-10,17,20,22-24,26H,2-5,11H2,1H3/t17-,20?/m1/s1. The van der Waals surface area contributed by atoms with Crippen molar-refractivity contribution in [1.82, 2.24) is 0 Å². The first-order valence-electron chi connectivity index (χ1n) is 9.32. The predicted octanol–water partition coefficient (Wildman–Crippen LogP) is 3.68. The molecule has 0 saturated heterocycles. The number of hydrogen-bond acceptors (Lipinski definition) is 7. The Labute approximate surface area is 162 Å². The lowest BCUT2D eigenvalue weighted by Crippen LogP contribution is -2.34. The number of phenols is 4. The van der Waals surface area contributed by atoms with Crippen LogP contribution in [-0.4, -0.2) is 32.5 Å². The summed E-state index contributed by atoms with van der Waals surface area (Å²) >= 11 is 0. The molecule has 1 heterocycles. The van der Waals surface area contributed by atoms with Crippen molar-refractivity contribution in [2.45, 2.75) is 51.2 Å². The molecule has 0 fully saturated rings. The molecule has 0 bridgehead atoms. The van der Waals surface area contributed by atoms with Gasteiger partial charge >= 0.3 is 5.97 Å². The smallest absolute Gasteiger partial charge is 0.306 e. The highest BCUT2D eigenvalue weighted by Crippen LogP contribution is 2.46. The minimum absolute atomic E-state index is 0.107. The number of esters is 1. The molecule has 2 atom stereocenters. The lowest BCUT2D eigenvalue weighted by Gasteiger charge is -2.34. The third-order valence-electron chi connectivity index (χ3n) is 4.79. The average molecular weight is 388 g/mol. The molecule has 7 heteroatoms. The third kappa shape index (κ3) is 4.08. The predicted molar refractivity (Wildman–Crippen MR) is 101 cm³/mol. The SMILES string of the molecule is CCCCCC(=O)O[C@@H]1Cc2ccc(O)c(O)c2OC1c1ccc(O)c(O)c1. The van der Waals surface area contributed by atoms with Crippen LogP contribution in [-0.2, 0) is 16.0 Å². The highest BCUT2D eigenvalue weighted by Gasteiger charge is 2.36. The zero-order valence-corrected chi connectivity index (χ0v) is 15.6. The number of phenolic OH excluding ortho intramolecular Hbond substituents is 4. The Morgan fingerprint density at radius 3 is 2.54 bits per heavy atom. The number of carbonyl (C=O) groups is 1. The first-order valence-corrected chi connectivity index (χ1v) is 9.32. The van der Waals surface area contributed by atoms with Crippen LogP contribution >= 0.6 is 0 Å². The van der Waals surface area contributed by atoms with Gasteiger partial charge in [-0.3, -0.25) is 4.79 Å². The molecule has 150 valence electrons. The molecule has 1 unspecified atom stereocenters. The van der Waals surface area contributed by atoms with Crippen LogP contribution < -0.4 is 4.74 Å². The molecule has 2 aromatic carbocycles. The topological polar surface area (TPSA) is 116 Å². The first kappa shape index (κ1) is 19.7. The molecule has 0 radical (unpaired) electrons. The summed E-state index contributed by atoms with van der Waals surface area (Å²) in [5.41, 5.74) is 1.07. The van der Waals surface area contributed by atoms with Crippen LogP contribution in [0.4, 0.5) is 0 Å². The Hall–Kier alpha value is -3.09. The number of hydrogen-bond donors (Lipinski definition) is 4. The minimum Gasteiger partial charge on any atom is -0.504 e. The van der Waals surface area contributed by atoms with Gasteiger partial charge in [0.25, 0.3) is 0 Å². The number of carbonyl (C=O) groups excluding carboxylic acids is 1. The zero-order valence-electron chi connectivity index (χ0n) is 15.6. The second kappa shape index (κ2) is 8.29. The van der Waals surface area contributed by atoms with Gasteiger partial charge in [-0.25, -0.2) is 0 Å². The van der Waals surface area contributed by atoms with Crippen molar-refractivity contribution < 1.29 is 34.7 Å². The quantitative estimate of drug-likeness (QED) is 0.339. The number of unbranched alkanes of at least 4 members (excludes halogenated alkanes) is 2. The van der Waals surface area contributed by atoms with E-state index in [4.69, 9.17) is 9.47 Å². The fourth-order valence-electron chi connectivity index (χ4n) is 3.27. The van der Waals surface area contributed by atoms with Gasteiger partial charge in [0, 0.05) is 24.0 Å². The van der Waals surface area contributed by atoms with E-state index in [1.165, 1.54) is 18.2 Å². The van der Waals surface area contributed by atoms with Crippen LogP contribution in [0.15, 0.2) is 30.3 Å². The van der Waals surface area contributed by atoms with E-state index in [-0.39, 0.29) is 35.4 Å². The van der Waals surface area contributed by atoms with Crippen molar-refractivity contribution >= 4 is 5.97 Å². The zero-order chi connectivity index (χ0) is 20.3. The molecule has 0 aromatic heterocycles. The van der Waals surface area contributed by atoms with Crippen molar-refractivity contribution in [3.63, 3.8) is 0 Å². The number of rotatable bonds is 6. The number of fused-ring (bicyclic) bond motifs is 1. The normalized spacial score (nSPS) is 18.2. The molecular weight excluding hydrogens is 364 g/mol.